The van der Waals surface area contributed by atoms with E-state index in [-0.39, 0.29) is 27.0 Å². The highest BCUT2D eigenvalue weighted by molar-refractivity contribution is 6.33. The summed E-state index contributed by atoms with van der Waals surface area (Å²) in [5, 5.41) is 11.0. The van der Waals surface area contributed by atoms with Crippen molar-refractivity contribution in [2.45, 2.75) is 26.2 Å². The molecule has 1 aliphatic heterocycles. The average molecular weight is 517 g/mol. The molecule has 3 aromatic rings. The Balaban J connectivity index is 1.47. The van der Waals surface area contributed by atoms with Gasteiger partial charge in [-0.15, -0.1) is 0 Å². The summed E-state index contributed by atoms with van der Waals surface area (Å²) in [5.41, 5.74) is 5.26. The lowest BCUT2D eigenvalue weighted by Gasteiger charge is -2.16. The quantitative estimate of drug-likeness (QED) is 0.183. The van der Waals surface area contributed by atoms with Crippen LogP contribution in [0.5, 0.6) is 5.75 Å². The third kappa shape index (κ3) is 4.75. The van der Waals surface area contributed by atoms with Gasteiger partial charge in [-0.05, 0) is 43.0 Å². The minimum atomic E-state index is -0.358. The number of hydrogen-bond acceptors (Lipinski definition) is 4. The molecule has 0 aromatic heterocycles. The molecule has 2 aliphatic rings. The van der Waals surface area contributed by atoms with Crippen LogP contribution < -0.4 is 5.43 Å². The number of aryl methyl sites for hydroxylation is 2. The Morgan fingerprint density at radius 1 is 0.917 bits per heavy atom. The lowest BCUT2D eigenvalue weighted by atomic mass is 9.92. The second kappa shape index (κ2) is 9.81. The number of phenolic OH excluding ortho intramolecular Hbond substituents is 1. The van der Waals surface area contributed by atoms with E-state index in [1.807, 2.05) is 12.1 Å². The Hall–Kier alpha value is -3.60. The van der Waals surface area contributed by atoms with Crippen LogP contribution in [0.2, 0.25) is 10.0 Å². The minimum Gasteiger partial charge on any atom is -0.506 e. The fourth-order valence-electron chi connectivity index (χ4n) is 4.39. The van der Waals surface area contributed by atoms with Crippen molar-refractivity contribution >= 4 is 40.0 Å². The van der Waals surface area contributed by atoms with Gasteiger partial charge in [0.25, 0.3) is 0 Å². The number of ketones is 1. The number of phenols is 1. The van der Waals surface area contributed by atoms with Crippen molar-refractivity contribution in [1.82, 2.24) is 0 Å². The maximum Gasteiger partial charge on any atom is 0.200 e. The van der Waals surface area contributed by atoms with Crippen LogP contribution in [0.4, 0.5) is 0 Å². The topological polar surface area (TPSA) is 67.5 Å². The Bertz CT molecular complexity index is 1620. The largest absolute Gasteiger partial charge is 0.506 e. The summed E-state index contributed by atoms with van der Waals surface area (Å²) in [6.45, 7) is 2.06. The standard InChI is InChI=1S/C30H22Cl2O4/c1-17-5-7-18(8-6-17)3-2-4-25(33)19-9-11-20(12-10-19)30-21-13-23(31)26(34)15-28(21)36-29-16-27(35)24(32)14-22(29)30/h5-16,34H,2-4H2,1H3. The molecule has 0 saturated carbocycles. The third-order valence-electron chi connectivity index (χ3n) is 6.33. The highest BCUT2D eigenvalue weighted by Gasteiger charge is 2.20. The van der Waals surface area contributed by atoms with Gasteiger partial charge in [0.05, 0.1) is 10.0 Å². The number of aromatic hydroxyl groups is 1. The zero-order valence-electron chi connectivity index (χ0n) is 19.5. The Labute approximate surface area is 218 Å². The fourth-order valence-corrected chi connectivity index (χ4v) is 4.71. The number of halogens is 2. The molecule has 180 valence electrons. The van der Waals surface area contributed by atoms with E-state index in [0.29, 0.717) is 34.3 Å². The number of rotatable bonds is 6. The van der Waals surface area contributed by atoms with Crippen LogP contribution in [0, 0.1) is 6.92 Å². The zero-order valence-corrected chi connectivity index (χ0v) is 21.0. The van der Waals surface area contributed by atoms with Crippen LogP contribution in [0.15, 0.2) is 82.0 Å². The van der Waals surface area contributed by atoms with Crippen LogP contribution in [0.3, 0.4) is 0 Å². The molecule has 0 spiro atoms. The highest BCUT2D eigenvalue weighted by Crippen LogP contribution is 2.43. The maximum absolute atomic E-state index is 12.8. The van der Waals surface area contributed by atoms with Gasteiger partial charge in [0.2, 0.25) is 5.43 Å². The molecule has 1 aliphatic carbocycles. The SMILES string of the molecule is Cc1ccc(CCCC(=O)c2ccc(-c3c4cc(Cl)c(=O)cc-4oc4cc(O)c(Cl)cc34)cc2)cc1. The summed E-state index contributed by atoms with van der Waals surface area (Å²) in [5.74, 6) is 0.296. The third-order valence-corrected chi connectivity index (χ3v) is 6.93. The van der Waals surface area contributed by atoms with Crippen molar-refractivity contribution in [3.63, 3.8) is 0 Å². The highest BCUT2D eigenvalue weighted by atomic mass is 35.5. The van der Waals surface area contributed by atoms with Crippen molar-refractivity contribution in [2.24, 2.45) is 0 Å². The zero-order chi connectivity index (χ0) is 25.4. The molecular weight excluding hydrogens is 495 g/mol. The van der Waals surface area contributed by atoms with E-state index in [2.05, 4.69) is 31.2 Å². The van der Waals surface area contributed by atoms with Crippen LogP contribution in [0.1, 0.15) is 34.3 Å². The maximum atomic E-state index is 12.8. The molecule has 3 aromatic carbocycles. The summed E-state index contributed by atoms with van der Waals surface area (Å²) in [7, 11) is 0. The Morgan fingerprint density at radius 2 is 1.64 bits per heavy atom. The van der Waals surface area contributed by atoms with E-state index in [4.69, 9.17) is 27.6 Å². The summed E-state index contributed by atoms with van der Waals surface area (Å²) in [6.07, 6.45) is 2.09. The van der Waals surface area contributed by atoms with Gasteiger partial charge in [0.15, 0.2) is 5.78 Å². The molecule has 0 radical (unpaired) electrons. The van der Waals surface area contributed by atoms with E-state index in [9.17, 15) is 14.7 Å². The first-order valence-electron chi connectivity index (χ1n) is 11.6. The molecule has 0 unspecified atom stereocenters. The molecule has 5 rings (SSSR count). The second-order valence-corrected chi connectivity index (χ2v) is 9.71. The average Bonchev–Trinajstić information content (AvgIpc) is 2.86. The lowest BCUT2D eigenvalue weighted by molar-refractivity contribution is 0.0980. The second-order valence-electron chi connectivity index (χ2n) is 8.90. The van der Waals surface area contributed by atoms with E-state index < -0.39 is 0 Å². The number of carbonyl (C=O) groups excluding carboxylic acids is 1. The Kier molecular flexibility index (Phi) is 6.57. The number of benzene rings is 4. The summed E-state index contributed by atoms with van der Waals surface area (Å²) >= 11 is 12.4. The molecule has 4 nitrogen and oxygen atoms in total. The lowest BCUT2D eigenvalue weighted by Crippen LogP contribution is -2.03. The molecule has 6 heteroatoms. The van der Waals surface area contributed by atoms with Crippen LogP contribution >= 0.6 is 23.2 Å². The monoisotopic (exact) mass is 516 g/mol. The van der Waals surface area contributed by atoms with Gasteiger partial charge >= 0.3 is 0 Å². The van der Waals surface area contributed by atoms with Crippen LogP contribution in [-0.4, -0.2) is 10.9 Å². The van der Waals surface area contributed by atoms with E-state index >= 15 is 0 Å². The van der Waals surface area contributed by atoms with Crippen molar-refractivity contribution < 1.29 is 14.3 Å². The summed E-state index contributed by atoms with van der Waals surface area (Å²) in [6, 6.07) is 21.6. The Morgan fingerprint density at radius 3 is 2.36 bits per heavy atom. The van der Waals surface area contributed by atoms with Crippen molar-refractivity contribution in [1.29, 1.82) is 0 Å². The van der Waals surface area contributed by atoms with Crippen molar-refractivity contribution in [3.05, 3.63) is 110 Å². The van der Waals surface area contributed by atoms with E-state index in [1.165, 1.54) is 23.3 Å². The number of fused-ring (bicyclic) bond motifs is 2. The predicted molar refractivity (Wildman–Crippen MR) is 145 cm³/mol. The molecule has 0 saturated heterocycles. The van der Waals surface area contributed by atoms with Crippen molar-refractivity contribution in [3.8, 4) is 28.2 Å². The number of carbonyl (C=O) groups is 1. The molecule has 0 bridgehead atoms. The molecule has 0 fully saturated rings. The smallest absolute Gasteiger partial charge is 0.200 e. The van der Waals surface area contributed by atoms with Gasteiger partial charge in [-0.3, -0.25) is 9.59 Å². The van der Waals surface area contributed by atoms with Gasteiger partial charge in [-0.1, -0.05) is 77.3 Å². The predicted octanol–water partition coefficient (Wildman–Crippen LogP) is 8.09. The first-order valence-corrected chi connectivity index (χ1v) is 12.3. The molecule has 1 N–H and O–H groups in total. The van der Waals surface area contributed by atoms with Crippen molar-refractivity contribution in [2.75, 3.05) is 0 Å². The number of Topliss-reactive ketones (excluding diaryl/α,β-unsaturated/α-hetero) is 1. The molecular formula is C30H22Cl2O4. The van der Waals surface area contributed by atoms with Gasteiger partial charge in [0.1, 0.15) is 17.1 Å². The normalized spacial score (nSPS) is 11.3. The van der Waals surface area contributed by atoms with Gasteiger partial charge in [-0.2, -0.15) is 0 Å². The first kappa shape index (κ1) is 24.1. The summed E-state index contributed by atoms with van der Waals surface area (Å²) in [4.78, 5) is 25.0. The number of hydrogen-bond donors (Lipinski definition) is 1. The minimum absolute atomic E-state index is 0.0727. The molecule has 0 atom stereocenters. The van der Waals surface area contributed by atoms with Gasteiger partial charge in [0, 0.05) is 40.6 Å². The summed E-state index contributed by atoms with van der Waals surface area (Å²) < 4.78 is 5.90. The van der Waals surface area contributed by atoms with E-state index in [1.54, 1.807) is 24.3 Å². The van der Waals surface area contributed by atoms with E-state index in [0.717, 1.165) is 24.0 Å². The first-order chi connectivity index (χ1) is 17.3. The van der Waals surface area contributed by atoms with Gasteiger partial charge in [-0.25, -0.2) is 0 Å². The van der Waals surface area contributed by atoms with Gasteiger partial charge < -0.3 is 9.52 Å². The van der Waals surface area contributed by atoms with Crippen LogP contribution in [0.25, 0.3) is 33.4 Å². The molecule has 0 amide bonds. The molecule has 1 heterocycles. The fraction of sp³-hybridized carbons (Fsp3) is 0.133. The molecule has 36 heavy (non-hydrogen) atoms. The van der Waals surface area contributed by atoms with Crippen LogP contribution in [-0.2, 0) is 6.42 Å².